The molecular formula is C21H36O10. The second kappa shape index (κ2) is 8.12. The van der Waals surface area contributed by atoms with Crippen molar-refractivity contribution in [2.45, 2.75) is 94.8 Å². The topological polar surface area (TPSA) is 158 Å². The molecule has 10 nitrogen and oxygen atoms in total. The Morgan fingerprint density at radius 1 is 1.00 bits per heavy atom. The van der Waals surface area contributed by atoms with Gasteiger partial charge in [0.15, 0.2) is 12.6 Å². The van der Waals surface area contributed by atoms with E-state index in [4.69, 9.17) is 18.9 Å². The quantitative estimate of drug-likeness (QED) is 0.282. The molecule has 4 aliphatic rings. The maximum atomic E-state index is 10.5. The van der Waals surface area contributed by atoms with Crippen molar-refractivity contribution >= 4 is 0 Å². The van der Waals surface area contributed by atoms with Crippen LogP contribution in [0, 0.1) is 16.7 Å². The van der Waals surface area contributed by atoms with Gasteiger partial charge in [-0.3, -0.25) is 0 Å². The van der Waals surface area contributed by atoms with E-state index in [0.29, 0.717) is 5.92 Å². The van der Waals surface area contributed by atoms with E-state index in [9.17, 15) is 30.6 Å². The van der Waals surface area contributed by atoms with Gasteiger partial charge in [-0.25, -0.2) is 0 Å². The molecule has 0 aromatic carbocycles. The Morgan fingerprint density at radius 2 is 1.71 bits per heavy atom. The standard InChI is InChI=1S/C21H36O10/c1-19(2)10-4-5-20(19,3)12(6-10)31-17-15(25)14(24)13(23)11(30-17)7-28-18-16(26)21(27,8-22)9-29-18/h10-18,22-27H,4-9H2,1-3H3/t10-,11+,12+,13+,14-,15+,16-,17-,18+,20+,21+/m0/s1. The first-order valence-electron chi connectivity index (χ1n) is 11.0. The lowest BCUT2D eigenvalue weighted by Crippen LogP contribution is -2.60. The fourth-order valence-corrected chi connectivity index (χ4v) is 5.79. The second-order valence-corrected chi connectivity index (χ2v) is 10.5. The van der Waals surface area contributed by atoms with Crippen LogP contribution in [0.15, 0.2) is 0 Å². The van der Waals surface area contributed by atoms with E-state index < -0.39 is 55.3 Å². The lowest BCUT2D eigenvalue weighted by Gasteiger charge is -2.45. The molecule has 180 valence electrons. The average Bonchev–Trinajstić information content (AvgIpc) is 3.22. The molecule has 10 heteroatoms. The molecule has 0 amide bonds. The normalized spacial score (nSPS) is 53.9. The Balaban J connectivity index is 1.39. The van der Waals surface area contributed by atoms with E-state index in [2.05, 4.69) is 20.8 Å². The summed E-state index contributed by atoms with van der Waals surface area (Å²) in [6.07, 6.45) is -6.45. The summed E-state index contributed by atoms with van der Waals surface area (Å²) in [6.45, 7) is 5.36. The first-order valence-corrected chi connectivity index (χ1v) is 11.0. The van der Waals surface area contributed by atoms with Crippen LogP contribution in [0.1, 0.15) is 40.0 Å². The summed E-state index contributed by atoms with van der Waals surface area (Å²) in [5, 5.41) is 60.5. The minimum Gasteiger partial charge on any atom is -0.393 e. The van der Waals surface area contributed by atoms with Crippen molar-refractivity contribution in [1.29, 1.82) is 0 Å². The Labute approximate surface area is 181 Å². The molecule has 2 aliphatic carbocycles. The van der Waals surface area contributed by atoms with Gasteiger partial charge in [-0.15, -0.1) is 0 Å². The SMILES string of the molecule is CC1(C)[C@H]2CC[C@]1(C)[C@H](O[C@@H]1O[C@H](CO[C@@H]3OC[C@](O)(CO)[C@H]3O)[C@@H](O)[C@H](O)[C@H]1O)C2. The van der Waals surface area contributed by atoms with Crippen LogP contribution in [-0.4, -0.2) is 105 Å². The molecule has 4 rings (SSSR count). The van der Waals surface area contributed by atoms with Gasteiger partial charge in [-0.05, 0) is 36.0 Å². The third kappa shape index (κ3) is 3.65. The molecule has 0 unspecified atom stereocenters. The van der Waals surface area contributed by atoms with Crippen molar-refractivity contribution < 1.29 is 49.6 Å². The zero-order chi connectivity index (χ0) is 22.8. The van der Waals surface area contributed by atoms with Crippen molar-refractivity contribution in [3.05, 3.63) is 0 Å². The molecule has 2 bridgehead atoms. The highest BCUT2D eigenvalue weighted by atomic mass is 16.7. The van der Waals surface area contributed by atoms with E-state index in [0.717, 1.165) is 19.3 Å². The van der Waals surface area contributed by atoms with Crippen LogP contribution in [-0.2, 0) is 18.9 Å². The summed E-state index contributed by atoms with van der Waals surface area (Å²) in [4.78, 5) is 0. The van der Waals surface area contributed by atoms with Gasteiger partial charge in [0.2, 0.25) is 0 Å². The minimum absolute atomic E-state index is 0.0791. The van der Waals surface area contributed by atoms with Gasteiger partial charge < -0.3 is 49.6 Å². The van der Waals surface area contributed by atoms with Crippen LogP contribution in [0.4, 0.5) is 0 Å². The van der Waals surface area contributed by atoms with E-state index >= 15 is 0 Å². The second-order valence-electron chi connectivity index (χ2n) is 10.5. The number of fused-ring (bicyclic) bond motifs is 2. The molecule has 0 spiro atoms. The zero-order valence-corrected chi connectivity index (χ0v) is 18.3. The Morgan fingerprint density at radius 3 is 2.26 bits per heavy atom. The van der Waals surface area contributed by atoms with E-state index in [1.165, 1.54) is 0 Å². The lowest BCUT2D eigenvalue weighted by atomic mass is 9.70. The number of aliphatic hydroxyl groups is 6. The first kappa shape index (κ1) is 23.7. The van der Waals surface area contributed by atoms with Crippen LogP contribution in [0.5, 0.6) is 0 Å². The maximum absolute atomic E-state index is 10.5. The Hall–Kier alpha value is -0.400. The monoisotopic (exact) mass is 448 g/mol. The third-order valence-electron chi connectivity index (χ3n) is 8.69. The van der Waals surface area contributed by atoms with Crippen molar-refractivity contribution in [3.63, 3.8) is 0 Å². The lowest BCUT2D eigenvalue weighted by molar-refractivity contribution is -0.326. The van der Waals surface area contributed by atoms with Crippen molar-refractivity contribution in [1.82, 2.24) is 0 Å². The van der Waals surface area contributed by atoms with Gasteiger partial charge >= 0.3 is 0 Å². The summed E-state index contributed by atoms with van der Waals surface area (Å²) >= 11 is 0. The summed E-state index contributed by atoms with van der Waals surface area (Å²) in [6, 6.07) is 0. The van der Waals surface area contributed by atoms with Gasteiger partial charge in [-0.1, -0.05) is 20.8 Å². The highest BCUT2D eigenvalue weighted by Crippen LogP contribution is 2.66. The van der Waals surface area contributed by atoms with E-state index in [1.54, 1.807) is 0 Å². The average molecular weight is 449 g/mol. The first-order chi connectivity index (χ1) is 14.4. The van der Waals surface area contributed by atoms with Crippen LogP contribution in [0.2, 0.25) is 0 Å². The van der Waals surface area contributed by atoms with Crippen molar-refractivity contribution in [2.75, 3.05) is 19.8 Å². The number of hydrogen-bond donors (Lipinski definition) is 6. The summed E-state index contributed by atoms with van der Waals surface area (Å²) in [5.41, 5.74) is -1.82. The largest absolute Gasteiger partial charge is 0.393 e. The van der Waals surface area contributed by atoms with Crippen LogP contribution < -0.4 is 0 Å². The molecule has 0 aromatic rings. The van der Waals surface area contributed by atoms with Crippen molar-refractivity contribution in [3.8, 4) is 0 Å². The smallest absolute Gasteiger partial charge is 0.186 e. The fraction of sp³-hybridized carbons (Fsp3) is 1.00. The highest BCUT2D eigenvalue weighted by Gasteiger charge is 2.63. The predicted molar refractivity (Wildman–Crippen MR) is 105 cm³/mol. The molecule has 2 saturated carbocycles. The summed E-state index contributed by atoms with van der Waals surface area (Å²) in [5.74, 6) is 0.518. The molecule has 6 N–H and O–H groups in total. The molecular weight excluding hydrogens is 412 g/mol. The molecule has 31 heavy (non-hydrogen) atoms. The van der Waals surface area contributed by atoms with Crippen molar-refractivity contribution in [2.24, 2.45) is 16.7 Å². The fourth-order valence-electron chi connectivity index (χ4n) is 5.79. The number of hydrogen-bond acceptors (Lipinski definition) is 10. The van der Waals surface area contributed by atoms with E-state index in [1.807, 2.05) is 0 Å². The Bertz CT molecular complexity index is 660. The third-order valence-corrected chi connectivity index (χ3v) is 8.69. The molecule has 0 aromatic heterocycles. The van der Waals surface area contributed by atoms with Gasteiger partial charge in [0, 0.05) is 0 Å². The van der Waals surface area contributed by atoms with Gasteiger partial charge in [0.1, 0.15) is 36.1 Å². The van der Waals surface area contributed by atoms with Gasteiger partial charge in [0.25, 0.3) is 0 Å². The van der Waals surface area contributed by atoms with Gasteiger partial charge in [0.05, 0.1) is 25.9 Å². The Kier molecular flexibility index (Phi) is 6.22. The molecule has 2 saturated heterocycles. The van der Waals surface area contributed by atoms with E-state index in [-0.39, 0.29) is 30.1 Å². The number of rotatable bonds is 6. The number of ether oxygens (including phenoxy) is 4. The molecule has 11 atom stereocenters. The molecule has 4 fully saturated rings. The predicted octanol–water partition coefficient (Wildman–Crippen LogP) is -1.52. The molecule has 2 aliphatic heterocycles. The summed E-state index contributed by atoms with van der Waals surface area (Å²) < 4.78 is 22.6. The van der Waals surface area contributed by atoms with Gasteiger partial charge in [-0.2, -0.15) is 0 Å². The van der Waals surface area contributed by atoms with Crippen LogP contribution in [0.3, 0.4) is 0 Å². The van der Waals surface area contributed by atoms with Crippen LogP contribution >= 0.6 is 0 Å². The zero-order valence-electron chi connectivity index (χ0n) is 18.3. The maximum Gasteiger partial charge on any atom is 0.186 e. The minimum atomic E-state index is -1.83. The van der Waals surface area contributed by atoms with Crippen LogP contribution in [0.25, 0.3) is 0 Å². The molecule has 2 heterocycles. The highest BCUT2D eigenvalue weighted by molar-refractivity contribution is 5.11. The number of aliphatic hydroxyl groups excluding tert-OH is 5. The summed E-state index contributed by atoms with van der Waals surface area (Å²) in [7, 11) is 0. The molecule has 0 radical (unpaired) electrons.